The van der Waals surface area contributed by atoms with Gasteiger partial charge in [0.15, 0.2) is 5.78 Å². The Morgan fingerprint density at radius 1 is 0.925 bits per heavy atom. The zero-order valence-corrected chi connectivity index (χ0v) is 25.5. The summed E-state index contributed by atoms with van der Waals surface area (Å²) in [4.78, 5) is 24.3. The summed E-state index contributed by atoms with van der Waals surface area (Å²) < 4.78 is 0. The van der Waals surface area contributed by atoms with E-state index in [1.807, 2.05) is 0 Å². The van der Waals surface area contributed by atoms with Crippen molar-refractivity contribution >= 4 is 11.6 Å². The number of hydrogen-bond acceptors (Lipinski definition) is 3. The van der Waals surface area contributed by atoms with E-state index >= 15 is 0 Å². The number of carbonyl (C=O) groups excluding carboxylic acids is 2. The van der Waals surface area contributed by atoms with Crippen LogP contribution in [0.5, 0.6) is 0 Å². The van der Waals surface area contributed by atoms with Crippen LogP contribution in [-0.4, -0.2) is 84.1 Å². The molecule has 10 heteroatoms. The molecular formula is C30H46N5O4Ru-3. The third kappa shape index (κ3) is 7.49. The van der Waals surface area contributed by atoms with Crippen molar-refractivity contribution in [3.8, 4) is 0 Å². The van der Waals surface area contributed by atoms with Crippen molar-refractivity contribution in [1.82, 2.24) is 0 Å². The molecule has 0 spiro atoms. The zero-order valence-electron chi connectivity index (χ0n) is 23.7. The summed E-state index contributed by atoms with van der Waals surface area (Å²) in [6.07, 6.45) is 17.1. The molecule has 5 aliphatic heterocycles. The summed E-state index contributed by atoms with van der Waals surface area (Å²) >= 11 is 0. The maximum absolute atomic E-state index is 12.8. The van der Waals surface area contributed by atoms with Gasteiger partial charge in [0, 0.05) is 12.3 Å². The van der Waals surface area contributed by atoms with Crippen molar-refractivity contribution < 1.29 is 39.6 Å². The Balaban J connectivity index is 0.000000211. The van der Waals surface area contributed by atoms with Gasteiger partial charge in [0.05, 0.1) is 0 Å². The van der Waals surface area contributed by atoms with Crippen LogP contribution in [-0.2, 0) is 29.1 Å². The Morgan fingerprint density at radius 3 is 2.35 bits per heavy atom. The monoisotopic (exact) mass is 642 g/mol. The number of ketones is 2. The first kappa shape index (κ1) is 33.5. The summed E-state index contributed by atoms with van der Waals surface area (Å²) in [5.41, 5.74) is -0.313. The number of hydrogen-bond donors (Lipinski definition) is 1. The fourth-order valence-corrected chi connectivity index (χ4v) is 7.50. The van der Waals surface area contributed by atoms with E-state index in [0.717, 1.165) is 51.9 Å². The van der Waals surface area contributed by atoms with Crippen molar-refractivity contribution in [1.29, 1.82) is 0 Å². The molecule has 0 aromatic carbocycles. The molecule has 9 nitrogen and oxygen atoms in total. The van der Waals surface area contributed by atoms with Crippen molar-refractivity contribution in [3.05, 3.63) is 50.5 Å². The van der Waals surface area contributed by atoms with Crippen molar-refractivity contribution in [2.45, 2.75) is 113 Å². The summed E-state index contributed by atoms with van der Waals surface area (Å²) in [6, 6.07) is 1.17. The largest absolute Gasteiger partial charge is 2.00 e. The summed E-state index contributed by atoms with van der Waals surface area (Å²) in [6.45, 7) is 4.90. The molecule has 8 atom stereocenters. The van der Waals surface area contributed by atoms with Crippen LogP contribution in [0.3, 0.4) is 0 Å². The Morgan fingerprint density at radius 2 is 1.65 bits per heavy atom. The first-order valence-corrected chi connectivity index (χ1v) is 15.0. The fraction of sp³-hybridized carbons (Fsp3) is 0.800. The predicted octanol–water partition coefficient (Wildman–Crippen LogP) is 4.79. The molecule has 1 saturated carbocycles. The zero-order chi connectivity index (χ0) is 26.5. The number of piperidine rings is 4. The van der Waals surface area contributed by atoms with Gasteiger partial charge in [-0.3, -0.25) is 9.59 Å². The van der Waals surface area contributed by atoms with E-state index in [1.54, 1.807) is 0 Å². The van der Waals surface area contributed by atoms with Gasteiger partial charge in [-0.15, -0.1) is 50.4 Å². The van der Waals surface area contributed by atoms with E-state index in [0.29, 0.717) is 18.1 Å². The predicted molar refractivity (Wildman–Crippen MR) is 154 cm³/mol. The molecule has 40 heavy (non-hydrogen) atoms. The van der Waals surface area contributed by atoms with E-state index < -0.39 is 5.60 Å². The number of aliphatic hydroxyl groups is 1. The van der Waals surface area contributed by atoms with Crippen LogP contribution in [0.1, 0.15) is 77.6 Å². The minimum Gasteiger partial charge on any atom is -0.686 e. The van der Waals surface area contributed by atoms with Crippen LogP contribution >= 0.6 is 0 Å². The quantitative estimate of drug-likeness (QED) is 0.439. The Labute approximate surface area is 252 Å². The van der Waals surface area contributed by atoms with Crippen LogP contribution < -0.4 is 0 Å². The van der Waals surface area contributed by atoms with Gasteiger partial charge in [0.2, 0.25) is 0 Å². The third-order valence-electron chi connectivity index (χ3n) is 9.28. The van der Waals surface area contributed by atoms with Crippen LogP contribution in [0.2, 0.25) is 0 Å². The number of Topliss-reactive ketones (excluding diaryl/α,β-unsaturated/α-hetero) is 2. The number of nitrogens with zero attached hydrogens (tertiary/aromatic N) is 5. The van der Waals surface area contributed by atoms with Crippen LogP contribution in [0.15, 0.2) is 23.9 Å². The molecule has 6 aliphatic rings. The van der Waals surface area contributed by atoms with Gasteiger partial charge in [-0.2, -0.15) is 17.8 Å². The van der Waals surface area contributed by atoms with E-state index in [-0.39, 0.29) is 66.9 Å². The number of rotatable bonds is 4. The Bertz CT molecular complexity index is 911. The minimum atomic E-state index is -1.51. The molecule has 0 aromatic heterocycles. The van der Waals surface area contributed by atoms with Gasteiger partial charge in [-0.1, -0.05) is 69.9 Å². The molecule has 8 unspecified atom stereocenters. The second-order valence-corrected chi connectivity index (χ2v) is 12.0. The third-order valence-corrected chi connectivity index (χ3v) is 9.28. The van der Waals surface area contributed by atoms with Crippen molar-refractivity contribution in [2.75, 3.05) is 26.2 Å². The van der Waals surface area contributed by atoms with Gasteiger partial charge in [0.25, 0.3) is 0 Å². The van der Waals surface area contributed by atoms with Crippen molar-refractivity contribution in [2.24, 2.45) is 11.8 Å². The molecule has 1 aliphatic carbocycles. The van der Waals surface area contributed by atoms with E-state index in [4.69, 9.17) is 10.6 Å². The fourth-order valence-electron chi connectivity index (χ4n) is 7.50. The number of fused-ring (bicyclic) bond motifs is 3. The second kappa shape index (κ2) is 15.5. The molecule has 0 amide bonds. The van der Waals surface area contributed by atoms with Gasteiger partial charge in [-0.05, 0) is 19.3 Å². The Hall–Kier alpha value is -0.997. The van der Waals surface area contributed by atoms with Gasteiger partial charge in [0.1, 0.15) is 11.4 Å². The smallest absolute Gasteiger partial charge is 0.686 e. The maximum Gasteiger partial charge on any atom is 2.00 e. The first-order chi connectivity index (χ1) is 18.5. The van der Waals surface area contributed by atoms with Gasteiger partial charge in [-0.25, -0.2) is 0 Å². The number of carbonyl (C=O) groups is 2. The molecule has 0 radical (unpaired) electrons. The van der Waals surface area contributed by atoms with E-state index in [2.05, 4.69) is 34.2 Å². The molecule has 5 heterocycles. The first-order valence-electron chi connectivity index (χ1n) is 15.0. The maximum atomic E-state index is 12.8. The van der Waals surface area contributed by atoms with Gasteiger partial charge < -0.3 is 37.2 Å². The van der Waals surface area contributed by atoms with E-state index in [9.17, 15) is 14.7 Å². The molecule has 0 aromatic rings. The topological polar surface area (TPSA) is 156 Å². The molecular weight excluding hydrogens is 595 g/mol. The molecule has 6 rings (SSSR count). The standard InChI is InChI=1S/C15H22N3.C15H22N2O3.H2O.Ru/c1-3-10-16-12(6-1)14-8-5-9-15(18-14)13-7-2-4-11-17-13;1-9(18)8-15(20)11-5-3-7-17-13(11)12-10(14(15)19)4-2-6-16-12;;/h1,3,6,13-15H,2,4-5,7-11H2;10-13,20H,2-8H2,1H3;1H2;/q-3;-2;;+2. The SMILES string of the molecule is C1=CC[N-]C(C2CCCC(C3CCCC[N-]3)[N-]2)=C1.CC(=O)CC1(O)C(=O)C2CCC[N-]C2C2[N-]CCCC21.O.[Ru+2]. The minimum absolute atomic E-state index is 0. The summed E-state index contributed by atoms with van der Waals surface area (Å²) in [7, 11) is 0. The van der Waals surface area contributed by atoms with Crippen LogP contribution in [0.4, 0.5) is 0 Å². The van der Waals surface area contributed by atoms with E-state index in [1.165, 1.54) is 51.1 Å². The molecule has 3 N–H and O–H groups in total. The molecule has 5 fully saturated rings. The molecule has 0 bridgehead atoms. The molecule has 226 valence electrons. The average Bonchev–Trinajstić information content (AvgIpc) is 2.97. The van der Waals surface area contributed by atoms with Crippen LogP contribution in [0, 0.1) is 11.8 Å². The summed E-state index contributed by atoms with van der Waals surface area (Å²) in [5, 5.41) is 34.6. The average molecular weight is 642 g/mol. The number of allylic oxidation sites excluding steroid dienone is 2. The summed E-state index contributed by atoms with van der Waals surface area (Å²) in [5.74, 6) is -0.747. The second-order valence-electron chi connectivity index (χ2n) is 12.0. The molecule has 4 saturated heterocycles. The van der Waals surface area contributed by atoms with Crippen molar-refractivity contribution in [3.63, 3.8) is 0 Å². The Kier molecular flexibility index (Phi) is 13.0. The normalized spacial score (nSPS) is 38.9. The van der Waals surface area contributed by atoms with Gasteiger partial charge >= 0.3 is 19.5 Å². The van der Waals surface area contributed by atoms with Crippen LogP contribution in [0.25, 0.3) is 26.6 Å².